The van der Waals surface area contributed by atoms with Crippen LogP contribution in [0.5, 0.6) is 5.88 Å². The second-order valence-electron chi connectivity index (χ2n) is 5.59. The fourth-order valence-electron chi connectivity index (χ4n) is 2.92. The number of anilines is 1. The molecule has 7 nitrogen and oxygen atoms in total. The molecule has 1 aliphatic heterocycles. The Hall–Kier alpha value is -2.15. The molecule has 2 aromatic heterocycles. The molecule has 2 unspecified atom stereocenters. The van der Waals surface area contributed by atoms with Crippen LogP contribution < -0.4 is 9.64 Å². The fraction of sp³-hybridized carbons (Fsp3) is 0.533. The molecule has 2 atom stereocenters. The Labute approximate surface area is 129 Å². The van der Waals surface area contributed by atoms with Crippen molar-refractivity contribution in [1.29, 1.82) is 0 Å². The first-order valence-corrected chi connectivity index (χ1v) is 7.46. The maximum absolute atomic E-state index is 10.6. The van der Waals surface area contributed by atoms with Gasteiger partial charge < -0.3 is 19.3 Å². The maximum Gasteiger partial charge on any atom is 0.228 e. The predicted molar refractivity (Wildman–Crippen MR) is 81.7 cm³/mol. The Morgan fingerprint density at radius 3 is 2.95 bits per heavy atom. The highest BCUT2D eigenvalue weighted by Crippen LogP contribution is 2.30. The second-order valence-corrected chi connectivity index (χ2v) is 5.59. The fourth-order valence-corrected chi connectivity index (χ4v) is 2.92. The Bertz CT molecular complexity index is 630. The van der Waals surface area contributed by atoms with Crippen molar-refractivity contribution in [2.24, 2.45) is 13.0 Å². The van der Waals surface area contributed by atoms with Gasteiger partial charge in [0.05, 0.1) is 7.11 Å². The Morgan fingerprint density at radius 2 is 2.23 bits per heavy atom. The summed E-state index contributed by atoms with van der Waals surface area (Å²) in [4.78, 5) is 15.1. The van der Waals surface area contributed by atoms with Gasteiger partial charge in [-0.25, -0.2) is 9.97 Å². The van der Waals surface area contributed by atoms with Crippen LogP contribution in [-0.4, -0.2) is 44.8 Å². The van der Waals surface area contributed by atoms with Crippen LogP contribution in [0.25, 0.3) is 0 Å². The van der Waals surface area contributed by atoms with Crippen molar-refractivity contribution < 1.29 is 9.84 Å². The van der Waals surface area contributed by atoms with Gasteiger partial charge in [0.25, 0.3) is 0 Å². The Morgan fingerprint density at radius 1 is 1.36 bits per heavy atom. The number of piperidine rings is 1. The normalized spacial score (nSPS) is 20.0. The maximum atomic E-state index is 10.6. The van der Waals surface area contributed by atoms with E-state index in [-0.39, 0.29) is 5.92 Å². The number of aliphatic hydroxyl groups is 1. The number of imidazole rings is 1. The average molecular weight is 303 g/mol. The van der Waals surface area contributed by atoms with Crippen molar-refractivity contribution in [3.63, 3.8) is 0 Å². The molecule has 0 saturated carbocycles. The zero-order valence-corrected chi connectivity index (χ0v) is 12.9. The molecule has 1 saturated heterocycles. The van der Waals surface area contributed by atoms with Gasteiger partial charge in [-0.15, -0.1) is 0 Å². The van der Waals surface area contributed by atoms with Crippen LogP contribution in [0.15, 0.2) is 24.7 Å². The lowest BCUT2D eigenvalue weighted by atomic mass is 9.92. The van der Waals surface area contributed by atoms with E-state index in [0.29, 0.717) is 24.2 Å². The molecule has 22 heavy (non-hydrogen) atoms. The number of methoxy groups -OCH3 is 1. The van der Waals surface area contributed by atoms with Crippen LogP contribution in [-0.2, 0) is 7.05 Å². The van der Waals surface area contributed by atoms with E-state index in [1.165, 1.54) is 0 Å². The van der Waals surface area contributed by atoms with Crippen LogP contribution >= 0.6 is 0 Å². The standard InChI is InChI=1S/C15H21N5O2/c1-19-9-7-16-14(19)13(21)11-4-3-8-20(10-11)15-17-6-5-12(18-15)22-2/h5-7,9,11,13,21H,3-4,8,10H2,1-2H3. The van der Waals surface area contributed by atoms with Gasteiger partial charge in [0, 0.05) is 50.7 Å². The first kappa shape index (κ1) is 14.8. The molecular formula is C15H21N5O2. The van der Waals surface area contributed by atoms with E-state index in [2.05, 4.69) is 19.9 Å². The summed E-state index contributed by atoms with van der Waals surface area (Å²) in [5, 5.41) is 10.6. The van der Waals surface area contributed by atoms with E-state index in [1.54, 1.807) is 25.6 Å². The molecule has 0 radical (unpaired) electrons. The van der Waals surface area contributed by atoms with Crippen molar-refractivity contribution in [1.82, 2.24) is 19.5 Å². The molecule has 0 aromatic carbocycles. The lowest BCUT2D eigenvalue weighted by molar-refractivity contribution is 0.0872. The highest BCUT2D eigenvalue weighted by molar-refractivity contribution is 5.32. The van der Waals surface area contributed by atoms with Gasteiger partial charge in [-0.3, -0.25) is 0 Å². The summed E-state index contributed by atoms with van der Waals surface area (Å²) in [6, 6.07) is 1.73. The molecule has 0 bridgehead atoms. The SMILES string of the molecule is COc1ccnc(N2CCCC(C(O)c3nccn3C)C2)n1. The minimum Gasteiger partial charge on any atom is -0.481 e. The molecule has 1 fully saturated rings. The van der Waals surface area contributed by atoms with Gasteiger partial charge >= 0.3 is 0 Å². The zero-order valence-electron chi connectivity index (χ0n) is 12.9. The van der Waals surface area contributed by atoms with E-state index in [1.807, 2.05) is 17.8 Å². The lowest BCUT2D eigenvalue weighted by Gasteiger charge is -2.34. The summed E-state index contributed by atoms with van der Waals surface area (Å²) >= 11 is 0. The Kier molecular flexibility index (Phi) is 4.24. The van der Waals surface area contributed by atoms with Crippen molar-refractivity contribution in [2.75, 3.05) is 25.1 Å². The van der Waals surface area contributed by atoms with Crippen molar-refractivity contribution >= 4 is 5.95 Å². The third-order valence-corrected chi connectivity index (χ3v) is 4.14. The molecule has 3 heterocycles. The summed E-state index contributed by atoms with van der Waals surface area (Å²) in [5.74, 6) is 2.02. The third-order valence-electron chi connectivity index (χ3n) is 4.14. The molecule has 118 valence electrons. The largest absolute Gasteiger partial charge is 0.481 e. The van der Waals surface area contributed by atoms with Gasteiger partial charge in [-0.2, -0.15) is 4.98 Å². The average Bonchev–Trinajstić information content (AvgIpc) is 3.00. The van der Waals surface area contributed by atoms with Crippen LogP contribution in [0.3, 0.4) is 0 Å². The van der Waals surface area contributed by atoms with Gasteiger partial charge in [0.15, 0.2) is 0 Å². The smallest absolute Gasteiger partial charge is 0.228 e. The van der Waals surface area contributed by atoms with E-state index >= 15 is 0 Å². The molecule has 7 heteroatoms. The predicted octanol–water partition coefficient (Wildman–Crippen LogP) is 1.17. The number of hydrogen-bond acceptors (Lipinski definition) is 6. The zero-order chi connectivity index (χ0) is 15.5. The van der Waals surface area contributed by atoms with Crippen LogP contribution in [0.4, 0.5) is 5.95 Å². The summed E-state index contributed by atoms with van der Waals surface area (Å²) < 4.78 is 7.02. The van der Waals surface area contributed by atoms with Gasteiger partial charge in [-0.1, -0.05) is 0 Å². The van der Waals surface area contributed by atoms with Crippen molar-refractivity contribution in [3.8, 4) is 5.88 Å². The van der Waals surface area contributed by atoms with E-state index in [0.717, 1.165) is 19.4 Å². The number of aromatic nitrogens is 4. The highest BCUT2D eigenvalue weighted by Gasteiger charge is 2.30. The molecule has 1 aliphatic rings. The van der Waals surface area contributed by atoms with Crippen molar-refractivity contribution in [2.45, 2.75) is 18.9 Å². The van der Waals surface area contributed by atoms with Crippen LogP contribution in [0, 0.1) is 5.92 Å². The number of ether oxygens (including phenoxy) is 1. The van der Waals surface area contributed by atoms with E-state index in [4.69, 9.17) is 4.74 Å². The molecule has 3 rings (SSSR count). The monoisotopic (exact) mass is 303 g/mol. The number of hydrogen-bond donors (Lipinski definition) is 1. The van der Waals surface area contributed by atoms with Gasteiger partial charge in [0.1, 0.15) is 11.9 Å². The lowest BCUT2D eigenvalue weighted by Crippen LogP contribution is -2.39. The molecule has 0 amide bonds. The third kappa shape index (κ3) is 2.89. The second kappa shape index (κ2) is 6.31. The highest BCUT2D eigenvalue weighted by atomic mass is 16.5. The molecule has 2 aromatic rings. The van der Waals surface area contributed by atoms with Crippen LogP contribution in [0.1, 0.15) is 24.8 Å². The number of aliphatic hydroxyl groups excluding tert-OH is 1. The van der Waals surface area contributed by atoms with E-state index in [9.17, 15) is 5.11 Å². The topological polar surface area (TPSA) is 76.3 Å². The first-order chi connectivity index (χ1) is 10.7. The first-order valence-electron chi connectivity index (χ1n) is 7.46. The summed E-state index contributed by atoms with van der Waals surface area (Å²) in [7, 11) is 3.49. The summed E-state index contributed by atoms with van der Waals surface area (Å²) in [6.07, 6.45) is 6.64. The number of aryl methyl sites for hydroxylation is 1. The van der Waals surface area contributed by atoms with Gasteiger partial charge in [-0.05, 0) is 12.8 Å². The van der Waals surface area contributed by atoms with E-state index < -0.39 is 6.10 Å². The quantitative estimate of drug-likeness (QED) is 0.913. The number of nitrogens with zero attached hydrogens (tertiary/aromatic N) is 5. The van der Waals surface area contributed by atoms with Crippen molar-refractivity contribution in [3.05, 3.63) is 30.5 Å². The molecule has 1 N–H and O–H groups in total. The molecule has 0 aliphatic carbocycles. The van der Waals surface area contributed by atoms with Crippen LogP contribution in [0.2, 0.25) is 0 Å². The Balaban J connectivity index is 1.75. The summed E-state index contributed by atoms with van der Waals surface area (Å²) in [6.45, 7) is 1.60. The molecule has 0 spiro atoms. The molecular weight excluding hydrogens is 282 g/mol. The van der Waals surface area contributed by atoms with Gasteiger partial charge in [0.2, 0.25) is 11.8 Å². The number of rotatable bonds is 4. The summed E-state index contributed by atoms with van der Waals surface area (Å²) in [5.41, 5.74) is 0. The minimum absolute atomic E-state index is 0.115. The minimum atomic E-state index is -0.576.